The number of hydrogen-bond acceptors (Lipinski definition) is 5. The minimum atomic E-state index is -0.455. The van der Waals surface area contributed by atoms with E-state index in [1.807, 2.05) is 24.3 Å². The summed E-state index contributed by atoms with van der Waals surface area (Å²) in [6.07, 6.45) is 0.682. The molecule has 0 aliphatic rings. The second-order valence-electron chi connectivity index (χ2n) is 4.19. The Morgan fingerprint density at radius 3 is 2.80 bits per heavy atom. The van der Waals surface area contributed by atoms with Gasteiger partial charge in [-0.1, -0.05) is 18.2 Å². The van der Waals surface area contributed by atoms with Gasteiger partial charge in [-0.2, -0.15) is 0 Å². The van der Waals surface area contributed by atoms with Crippen molar-refractivity contribution in [2.75, 3.05) is 19.1 Å². The van der Waals surface area contributed by atoms with Crippen molar-refractivity contribution in [1.29, 1.82) is 0 Å². The van der Waals surface area contributed by atoms with Crippen molar-refractivity contribution < 1.29 is 9.53 Å². The fourth-order valence-electron chi connectivity index (χ4n) is 1.97. The lowest BCUT2D eigenvalue weighted by molar-refractivity contribution is 0.100. The number of para-hydroxylation sites is 1. The Morgan fingerprint density at radius 2 is 2.15 bits per heavy atom. The Kier molecular flexibility index (Phi) is 4.60. The van der Waals surface area contributed by atoms with Crippen LogP contribution in [0.3, 0.4) is 0 Å². The van der Waals surface area contributed by atoms with Crippen molar-refractivity contribution in [1.82, 2.24) is 0 Å². The minimum absolute atomic E-state index is 0.259. The molecule has 0 unspecified atom stereocenters. The summed E-state index contributed by atoms with van der Waals surface area (Å²) in [6, 6.07) is 9.60. The smallest absolute Gasteiger partial charge is 0.251 e. The number of nitrogens with one attached hydrogen (secondary N) is 1. The molecule has 0 radical (unpaired) electrons. The largest absolute Gasteiger partial charge is 0.496 e. The molecule has 0 aliphatic carbocycles. The minimum Gasteiger partial charge on any atom is -0.496 e. The number of carbonyl (C=O) groups excluding carboxylic acids is 1. The molecule has 0 bridgehead atoms. The number of hydrogen-bond donors (Lipinski definition) is 3. The zero-order valence-electron chi connectivity index (χ0n) is 11.2. The Labute approximate surface area is 121 Å². The maximum atomic E-state index is 11.4. The molecule has 0 aliphatic heterocycles. The van der Waals surface area contributed by atoms with Gasteiger partial charge >= 0.3 is 0 Å². The van der Waals surface area contributed by atoms with Crippen LogP contribution in [0.5, 0.6) is 5.75 Å². The first-order chi connectivity index (χ1) is 9.65. The van der Waals surface area contributed by atoms with Crippen LogP contribution in [0, 0.1) is 0 Å². The lowest BCUT2D eigenvalue weighted by atomic mass is 10.1. The van der Waals surface area contributed by atoms with Gasteiger partial charge < -0.3 is 21.5 Å². The lowest BCUT2D eigenvalue weighted by Gasteiger charge is -2.06. The maximum absolute atomic E-state index is 11.4. The van der Waals surface area contributed by atoms with Gasteiger partial charge in [-0.3, -0.25) is 4.79 Å². The van der Waals surface area contributed by atoms with E-state index in [-0.39, 0.29) is 6.67 Å². The highest BCUT2D eigenvalue weighted by molar-refractivity contribution is 7.16. The summed E-state index contributed by atoms with van der Waals surface area (Å²) in [5.74, 6) is 0.373. The number of rotatable bonds is 6. The number of nitrogens with two attached hydrogens (primary N) is 2. The van der Waals surface area contributed by atoms with Gasteiger partial charge in [-0.15, -0.1) is 11.3 Å². The number of amides is 1. The predicted octanol–water partition coefficient (Wildman–Crippen LogP) is 1.77. The Balaban J connectivity index is 2.29. The molecule has 6 heteroatoms. The van der Waals surface area contributed by atoms with Crippen molar-refractivity contribution in [3.8, 4) is 5.75 Å². The highest BCUT2D eigenvalue weighted by atomic mass is 32.1. The molecule has 1 aromatic heterocycles. The van der Waals surface area contributed by atoms with Crippen LogP contribution in [0.4, 0.5) is 5.00 Å². The van der Waals surface area contributed by atoms with Crippen LogP contribution in [0.1, 0.15) is 20.8 Å². The van der Waals surface area contributed by atoms with E-state index in [1.54, 1.807) is 13.2 Å². The molecule has 106 valence electrons. The van der Waals surface area contributed by atoms with Gasteiger partial charge in [-0.05, 0) is 17.7 Å². The molecule has 5 N–H and O–H groups in total. The van der Waals surface area contributed by atoms with Crippen LogP contribution >= 0.6 is 11.3 Å². The first kappa shape index (κ1) is 14.4. The monoisotopic (exact) mass is 291 g/mol. The van der Waals surface area contributed by atoms with Gasteiger partial charge in [0.05, 0.1) is 19.3 Å². The fourth-order valence-corrected chi connectivity index (χ4v) is 3.06. The first-order valence-electron chi connectivity index (χ1n) is 6.14. The average Bonchev–Trinajstić information content (AvgIpc) is 2.83. The molecule has 0 spiro atoms. The third-order valence-corrected chi connectivity index (χ3v) is 3.96. The number of ether oxygens (including phenoxy) is 1. The topological polar surface area (TPSA) is 90.4 Å². The van der Waals surface area contributed by atoms with E-state index >= 15 is 0 Å². The number of thiophene rings is 1. The SMILES string of the molecule is COc1ccccc1Cc1cc(C(N)=O)c(NCN)s1. The van der Waals surface area contributed by atoms with E-state index < -0.39 is 5.91 Å². The van der Waals surface area contributed by atoms with E-state index in [2.05, 4.69) is 5.32 Å². The van der Waals surface area contributed by atoms with Gasteiger partial charge in [0.1, 0.15) is 10.8 Å². The molecular weight excluding hydrogens is 274 g/mol. The van der Waals surface area contributed by atoms with Crippen LogP contribution in [-0.4, -0.2) is 19.7 Å². The molecule has 0 atom stereocenters. The molecule has 0 saturated heterocycles. The lowest BCUT2D eigenvalue weighted by Crippen LogP contribution is -2.15. The van der Waals surface area contributed by atoms with Crippen LogP contribution in [0.25, 0.3) is 0 Å². The molecule has 1 amide bonds. The van der Waals surface area contributed by atoms with E-state index in [1.165, 1.54) is 11.3 Å². The molecule has 1 aromatic carbocycles. The summed E-state index contributed by atoms with van der Waals surface area (Å²) in [6.45, 7) is 0.259. The standard InChI is InChI=1S/C14H17N3O2S/c1-19-12-5-3-2-4-9(12)6-10-7-11(13(16)18)14(20-10)17-8-15/h2-5,7,17H,6,8,15H2,1H3,(H2,16,18). The number of anilines is 1. The number of primary amides is 1. The Bertz CT molecular complexity index is 610. The van der Waals surface area contributed by atoms with Crippen LogP contribution in [0.15, 0.2) is 30.3 Å². The van der Waals surface area contributed by atoms with E-state index in [0.29, 0.717) is 17.0 Å². The van der Waals surface area contributed by atoms with Crippen molar-refractivity contribution in [3.05, 3.63) is 46.3 Å². The van der Waals surface area contributed by atoms with Gasteiger partial charge in [0, 0.05) is 11.3 Å². The Morgan fingerprint density at radius 1 is 1.40 bits per heavy atom. The van der Waals surface area contributed by atoms with Crippen molar-refractivity contribution in [2.45, 2.75) is 6.42 Å². The van der Waals surface area contributed by atoms with Crippen molar-refractivity contribution in [3.63, 3.8) is 0 Å². The molecular formula is C14H17N3O2S. The summed E-state index contributed by atoms with van der Waals surface area (Å²) in [5, 5.41) is 3.67. The van der Waals surface area contributed by atoms with Crippen molar-refractivity contribution in [2.24, 2.45) is 11.5 Å². The summed E-state index contributed by atoms with van der Waals surface area (Å²) in [4.78, 5) is 12.4. The molecule has 1 heterocycles. The van der Waals surface area contributed by atoms with Crippen LogP contribution < -0.4 is 21.5 Å². The quantitative estimate of drug-likeness (QED) is 0.708. The van der Waals surface area contributed by atoms with E-state index in [4.69, 9.17) is 16.2 Å². The van der Waals surface area contributed by atoms with E-state index in [0.717, 1.165) is 16.2 Å². The zero-order valence-corrected chi connectivity index (χ0v) is 12.0. The zero-order chi connectivity index (χ0) is 14.5. The predicted molar refractivity (Wildman–Crippen MR) is 81.3 cm³/mol. The molecule has 2 aromatic rings. The summed E-state index contributed by atoms with van der Waals surface area (Å²) in [5.41, 5.74) is 12.4. The second-order valence-corrected chi connectivity index (χ2v) is 5.33. The number of benzene rings is 1. The molecule has 2 rings (SSSR count). The van der Waals surface area contributed by atoms with Gasteiger partial charge in [0.2, 0.25) is 0 Å². The normalized spacial score (nSPS) is 10.3. The summed E-state index contributed by atoms with van der Waals surface area (Å²) in [7, 11) is 1.64. The molecule has 0 saturated carbocycles. The fraction of sp³-hybridized carbons (Fsp3) is 0.214. The van der Waals surface area contributed by atoms with Crippen LogP contribution in [-0.2, 0) is 6.42 Å². The van der Waals surface area contributed by atoms with Crippen molar-refractivity contribution >= 4 is 22.2 Å². The van der Waals surface area contributed by atoms with Gasteiger partial charge in [0.25, 0.3) is 5.91 Å². The summed E-state index contributed by atoms with van der Waals surface area (Å²) >= 11 is 1.48. The highest BCUT2D eigenvalue weighted by Crippen LogP contribution is 2.31. The highest BCUT2D eigenvalue weighted by Gasteiger charge is 2.14. The van der Waals surface area contributed by atoms with Crippen LogP contribution in [0.2, 0.25) is 0 Å². The second kappa shape index (κ2) is 6.40. The number of carbonyl (C=O) groups is 1. The summed E-state index contributed by atoms with van der Waals surface area (Å²) < 4.78 is 5.33. The molecule has 5 nitrogen and oxygen atoms in total. The maximum Gasteiger partial charge on any atom is 0.251 e. The molecule has 20 heavy (non-hydrogen) atoms. The number of methoxy groups -OCH3 is 1. The third-order valence-electron chi connectivity index (χ3n) is 2.87. The molecule has 0 fully saturated rings. The third kappa shape index (κ3) is 3.09. The average molecular weight is 291 g/mol. The first-order valence-corrected chi connectivity index (χ1v) is 6.95. The van der Waals surface area contributed by atoms with Gasteiger partial charge in [0.15, 0.2) is 0 Å². The van der Waals surface area contributed by atoms with E-state index in [9.17, 15) is 4.79 Å². The van der Waals surface area contributed by atoms with Gasteiger partial charge in [-0.25, -0.2) is 0 Å². The Hall–Kier alpha value is -2.05.